The van der Waals surface area contributed by atoms with Gasteiger partial charge in [0.25, 0.3) is 0 Å². The molecule has 0 fully saturated rings. The molecular weight excluding hydrogens is 262 g/mol. The standard InChI is InChI=1S/C18H27NO2/c1-5-9-19-12-17-18(13(3)4)15-11-14(20-10-6-2)7-8-16(15)21-17/h7-8,11,13,19H,5-6,9-10,12H2,1-4H3. The van der Waals surface area contributed by atoms with E-state index in [2.05, 4.69) is 39.1 Å². The van der Waals surface area contributed by atoms with E-state index in [0.717, 1.165) is 49.6 Å². The van der Waals surface area contributed by atoms with Gasteiger partial charge in [0.15, 0.2) is 0 Å². The fourth-order valence-corrected chi connectivity index (χ4v) is 2.60. The minimum absolute atomic E-state index is 0.436. The molecule has 0 atom stereocenters. The highest BCUT2D eigenvalue weighted by molar-refractivity contribution is 5.84. The maximum atomic E-state index is 6.05. The lowest BCUT2D eigenvalue weighted by molar-refractivity contribution is 0.318. The summed E-state index contributed by atoms with van der Waals surface area (Å²) in [5, 5.41) is 4.62. The summed E-state index contributed by atoms with van der Waals surface area (Å²) in [7, 11) is 0. The molecule has 3 nitrogen and oxygen atoms in total. The largest absolute Gasteiger partial charge is 0.494 e. The van der Waals surface area contributed by atoms with Crippen molar-refractivity contribution >= 4 is 11.0 Å². The topological polar surface area (TPSA) is 34.4 Å². The van der Waals surface area contributed by atoms with E-state index in [0.29, 0.717) is 5.92 Å². The zero-order chi connectivity index (χ0) is 15.2. The van der Waals surface area contributed by atoms with Gasteiger partial charge >= 0.3 is 0 Å². The van der Waals surface area contributed by atoms with Crippen LogP contribution in [0.15, 0.2) is 22.6 Å². The molecule has 0 aliphatic heterocycles. The average Bonchev–Trinajstić information content (AvgIpc) is 2.83. The van der Waals surface area contributed by atoms with Crippen LogP contribution in [0.1, 0.15) is 57.8 Å². The Morgan fingerprint density at radius 3 is 2.67 bits per heavy atom. The minimum atomic E-state index is 0.436. The molecule has 0 radical (unpaired) electrons. The highest BCUT2D eigenvalue weighted by Gasteiger charge is 2.17. The minimum Gasteiger partial charge on any atom is -0.494 e. The number of furan rings is 1. The van der Waals surface area contributed by atoms with Gasteiger partial charge in [0.2, 0.25) is 0 Å². The Kier molecular flexibility index (Phi) is 5.68. The molecule has 0 saturated carbocycles. The predicted octanol–water partition coefficient (Wildman–Crippen LogP) is 4.84. The molecular formula is C18H27NO2. The first-order chi connectivity index (χ1) is 10.2. The Morgan fingerprint density at radius 1 is 1.19 bits per heavy atom. The Bertz CT molecular complexity index is 572. The Balaban J connectivity index is 2.33. The monoisotopic (exact) mass is 289 g/mol. The number of fused-ring (bicyclic) bond motifs is 1. The molecule has 0 bridgehead atoms. The number of rotatable bonds is 8. The normalized spacial score (nSPS) is 11.5. The summed E-state index contributed by atoms with van der Waals surface area (Å²) in [6.45, 7) is 11.3. The molecule has 1 aromatic heterocycles. The molecule has 1 N–H and O–H groups in total. The average molecular weight is 289 g/mol. The first-order valence-electron chi connectivity index (χ1n) is 8.06. The van der Waals surface area contributed by atoms with Crippen LogP contribution in [0.3, 0.4) is 0 Å². The van der Waals surface area contributed by atoms with Crippen molar-refractivity contribution in [2.75, 3.05) is 13.2 Å². The highest BCUT2D eigenvalue weighted by atomic mass is 16.5. The van der Waals surface area contributed by atoms with Gasteiger partial charge in [-0.15, -0.1) is 0 Å². The highest BCUT2D eigenvalue weighted by Crippen LogP contribution is 2.34. The van der Waals surface area contributed by atoms with Crippen LogP contribution in [0.25, 0.3) is 11.0 Å². The van der Waals surface area contributed by atoms with Crippen LogP contribution in [0, 0.1) is 0 Å². The molecule has 0 aliphatic carbocycles. The summed E-state index contributed by atoms with van der Waals surface area (Å²) in [6.07, 6.45) is 2.15. The van der Waals surface area contributed by atoms with Gasteiger partial charge in [-0.1, -0.05) is 27.7 Å². The van der Waals surface area contributed by atoms with Gasteiger partial charge in [-0.05, 0) is 43.5 Å². The lowest BCUT2D eigenvalue weighted by Gasteiger charge is -2.08. The van der Waals surface area contributed by atoms with Crippen molar-refractivity contribution in [3.8, 4) is 5.75 Å². The van der Waals surface area contributed by atoms with Crippen LogP contribution < -0.4 is 10.1 Å². The Labute approximate surface area is 127 Å². The molecule has 0 saturated heterocycles. The number of benzene rings is 1. The lowest BCUT2D eigenvalue weighted by atomic mass is 9.99. The van der Waals surface area contributed by atoms with Crippen molar-refractivity contribution in [2.45, 2.75) is 53.0 Å². The molecule has 0 spiro atoms. The van der Waals surface area contributed by atoms with E-state index in [9.17, 15) is 0 Å². The number of nitrogens with one attached hydrogen (secondary N) is 1. The fraction of sp³-hybridized carbons (Fsp3) is 0.556. The predicted molar refractivity (Wildman–Crippen MR) is 88.1 cm³/mol. The zero-order valence-corrected chi connectivity index (χ0v) is 13.7. The van der Waals surface area contributed by atoms with Gasteiger partial charge in [-0.2, -0.15) is 0 Å². The van der Waals surface area contributed by atoms with Crippen LogP contribution >= 0.6 is 0 Å². The quantitative estimate of drug-likeness (QED) is 0.706. The summed E-state index contributed by atoms with van der Waals surface area (Å²) in [6, 6.07) is 6.14. The SMILES string of the molecule is CCCNCc1oc2ccc(OCCC)cc2c1C(C)C. The third kappa shape index (κ3) is 3.79. The molecule has 21 heavy (non-hydrogen) atoms. The van der Waals surface area contributed by atoms with E-state index in [1.807, 2.05) is 12.1 Å². The molecule has 1 aromatic carbocycles. The van der Waals surface area contributed by atoms with Crippen molar-refractivity contribution in [3.05, 3.63) is 29.5 Å². The second-order valence-corrected chi connectivity index (χ2v) is 5.78. The van der Waals surface area contributed by atoms with Crippen molar-refractivity contribution in [2.24, 2.45) is 0 Å². The zero-order valence-electron chi connectivity index (χ0n) is 13.7. The maximum absolute atomic E-state index is 6.05. The van der Waals surface area contributed by atoms with Crippen LogP contribution in [0.2, 0.25) is 0 Å². The fourth-order valence-electron chi connectivity index (χ4n) is 2.60. The van der Waals surface area contributed by atoms with Gasteiger partial charge in [0, 0.05) is 10.9 Å². The van der Waals surface area contributed by atoms with E-state index in [1.165, 1.54) is 10.9 Å². The Hall–Kier alpha value is -1.48. The van der Waals surface area contributed by atoms with Crippen LogP contribution in [-0.4, -0.2) is 13.2 Å². The summed E-state index contributed by atoms with van der Waals surface area (Å²) in [4.78, 5) is 0. The van der Waals surface area contributed by atoms with E-state index in [1.54, 1.807) is 0 Å². The molecule has 0 amide bonds. The number of hydrogen-bond acceptors (Lipinski definition) is 3. The molecule has 2 rings (SSSR count). The van der Waals surface area contributed by atoms with Crippen LogP contribution in [0.5, 0.6) is 5.75 Å². The van der Waals surface area contributed by atoms with E-state index in [-0.39, 0.29) is 0 Å². The van der Waals surface area contributed by atoms with E-state index < -0.39 is 0 Å². The molecule has 2 aromatic rings. The van der Waals surface area contributed by atoms with Crippen molar-refractivity contribution in [3.63, 3.8) is 0 Å². The summed E-state index contributed by atoms with van der Waals surface area (Å²) < 4.78 is 11.8. The first kappa shape index (κ1) is 15.9. The van der Waals surface area contributed by atoms with Crippen LogP contribution in [-0.2, 0) is 6.54 Å². The van der Waals surface area contributed by atoms with Crippen molar-refractivity contribution in [1.82, 2.24) is 5.32 Å². The molecule has 1 heterocycles. The summed E-state index contributed by atoms with van der Waals surface area (Å²) in [5.74, 6) is 2.42. The van der Waals surface area contributed by atoms with E-state index in [4.69, 9.17) is 9.15 Å². The maximum Gasteiger partial charge on any atom is 0.134 e. The molecule has 0 aliphatic rings. The summed E-state index contributed by atoms with van der Waals surface area (Å²) in [5.41, 5.74) is 2.26. The second kappa shape index (κ2) is 7.51. The third-order valence-electron chi connectivity index (χ3n) is 3.54. The van der Waals surface area contributed by atoms with Crippen molar-refractivity contribution < 1.29 is 9.15 Å². The lowest BCUT2D eigenvalue weighted by Crippen LogP contribution is -2.14. The van der Waals surface area contributed by atoms with Gasteiger partial charge in [0.05, 0.1) is 13.2 Å². The summed E-state index contributed by atoms with van der Waals surface area (Å²) >= 11 is 0. The molecule has 3 heteroatoms. The number of hydrogen-bond donors (Lipinski definition) is 1. The second-order valence-electron chi connectivity index (χ2n) is 5.78. The smallest absolute Gasteiger partial charge is 0.134 e. The van der Waals surface area contributed by atoms with Gasteiger partial charge in [0.1, 0.15) is 17.1 Å². The molecule has 116 valence electrons. The number of ether oxygens (including phenoxy) is 1. The van der Waals surface area contributed by atoms with Gasteiger partial charge < -0.3 is 14.5 Å². The third-order valence-corrected chi connectivity index (χ3v) is 3.54. The molecule has 0 unspecified atom stereocenters. The first-order valence-corrected chi connectivity index (χ1v) is 8.06. The van der Waals surface area contributed by atoms with E-state index >= 15 is 0 Å². The van der Waals surface area contributed by atoms with Gasteiger partial charge in [-0.25, -0.2) is 0 Å². The van der Waals surface area contributed by atoms with Gasteiger partial charge in [-0.3, -0.25) is 0 Å². The van der Waals surface area contributed by atoms with Crippen molar-refractivity contribution in [1.29, 1.82) is 0 Å². The Morgan fingerprint density at radius 2 is 2.00 bits per heavy atom. The van der Waals surface area contributed by atoms with Crippen LogP contribution in [0.4, 0.5) is 0 Å².